The first kappa shape index (κ1) is 25.3. The number of nitrogens with two attached hydrogens (primary N) is 1. The molecule has 4 rings (SSSR count). The molecule has 2 aromatic heterocycles. The molecule has 0 fully saturated rings. The van der Waals surface area contributed by atoms with Crippen molar-refractivity contribution in [2.75, 3.05) is 12.8 Å². The van der Waals surface area contributed by atoms with E-state index in [9.17, 15) is 30.7 Å². The number of hydrogen-bond acceptors (Lipinski definition) is 12. The highest BCUT2D eigenvalue weighted by Gasteiger charge is 2.24. The van der Waals surface area contributed by atoms with Gasteiger partial charge in [0.15, 0.2) is 11.5 Å². The van der Waals surface area contributed by atoms with E-state index in [4.69, 9.17) is 10.5 Å². The predicted octanol–water partition coefficient (Wildman–Crippen LogP) is 3.07. The Balaban J connectivity index is 1.78. The minimum absolute atomic E-state index is 0.0167. The molecular formula is C19H16N6O8S3. The number of nitrogen functional groups attached to an aromatic ring is 1. The third-order valence-electron chi connectivity index (χ3n) is 4.83. The molecule has 0 amide bonds. The van der Waals surface area contributed by atoms with Gasteiger partial charge in [-0.1, -0.05) is 11.3 Å². The molecule has 0 saturated carbocycles. The summed E-state index contributed by atoms with van der Waals surface area (Å²) in [5.41, 5.74) is 6.76. The number of anilines is 1. The normalized spacial score (nSPS) is 12.4. The fourth-order valence-corrected chi connectivity index (χ4v) is 5.15. The van der Waals surface area contributed by atoms with Gasteiger partial charge in [-0.25, -0.2) is 14.5 Å². The Morgan fingerprint density at radius 3 is 2.44 bits per heavy atom. The Morgan fingerprint density at radius 2 is 1.81 bits per heavy atom. The number of nitrogens with zero attached hydrogens (tertiary/aromatic N) is 5. The van der Waals surface area contributed by atoms with Crippen LogP contribution >= 0.6 is 11.3 Å². The van der Waals surface area contributed by atoms with Crippen LogP contribution < -0.4 is 5.73 Å². The molecule has 2 heterocycles. The van der Waals surface area contributed by atoms with Gasteiger partial charge in [-0.2, -0.15) is 21.9 Å². The van der Waals surface area contributed by atoms with Gasteiger partial charge in [0.2, 0.25) is 5.13 Å². The monoisotopic (exact) mass is 552 g/mol. The maximum Gasteiger partial charge on any atom is 0.337 e. The van der Waals surface area contributed by atoms with E-state index < -0.39 is 41.7 Å². The number of azo groups is 1. The van der Waals surface area contributed by atoms with E-state index in [1.807, 2.05) is 0 Å². The van der Waals surface area contributed by atoms with Crippen LogP contribution in [-0.4, -0.2) is 53.8 Å². The minimum atomic E-state index is -4.83. The molecule has 4 aromatic rings. The van der Waals surface area contributed by atoms with Crippen molar-refractivity contribution in [1.82, 2.24) is 14.8 Å². The number of carbonyl (C=O) groups is 1. The third kappa shape index (κ3) is 4.82. The van der Waals surface area contributed by atoms with Gasteiger partial charge >= 0.3 is 5.97 Å². The zero-order valence-electron chi connectivity index (χ0n) is 18.3. The lowest BCUT2D eigenvalue weighted by atomic mass is 10.2. The zero-order valence-corrected chi connectivity index (χ0v) is 20.8. The molecule has 4 N–H and O–H groups in total. The van der Waals surface area contributed by atoms with Gasteiger partial charge < -0.3 is 10.5 Å². The smallest absolute Gasteiger partial charge is 0.337 e. The Hall–Kier alpha value is -3.77. The third-order valence-corrected chi connectivity index (χ3v) is 7.48. The van der Waals surface area contributed by atoms with Crippen LogP contribution in [0.3, 0.4) is 0 Å². The molecule has 36 heavy (non-hydrogen) atoms. The lowest BCUT2D eigenvalue weighted by Crippen LogP contribution is -2.11. The van der Waals surface area contributed by atoms with E-state index in [-0.39, 0.29) is 22.3 Å². The first-order chi connectivity index (χ1) is 16.8. The highest BCUT2D eigenvalue weighted by molar-refractivity contribution is 7.86. The highest BCUT2D eigenvalue weighted by Crippen LogP contribution is 2.35. The number of esters is 1. The topological polar surface area (TPSA) is 216 Å². The van der Waals surface area contributed by atoms with Gasteiger partial charge in [0.1, 0.15) is 4.90 Å². The predicted molar refractivity (Wildman–Crippen MR) is 127 cm³/mol. The number of aryl methyl sites for hydroxylation is 1. The quantitative estimate of drug-likeness (QED) is 0.179. The molecule has 0 atom stereocenters. The standard InChI is InChI=1S/C19H16N6O8S3/c1-9-16(22-23-19-21-12-5-3-10(18(26)33-2)7-14(12)34-19)17(20)25(24-9)13-8-11(35(27,28)29)4-6-15(13)36(30,31)32/h3-8H,20H2,1-2H3,(H,27,28,29)(H,30,31,32)/b23-22+. The highest BCUT2D eigenvalue weighted by atomic mass is 32.2. The fraction of sp³-hybridized carbons (Fsp3) is 0.105. The average molecular weight is 553 g/mol. The lowest BCUT2D eigenvalue weighted by Gasteiger charge is -2.10. The number of thiazole rings is 1. The average Bonchev–Trinajstić information content (AvgIpc) is 3.34. The number of methoxy groups -OCH3 is 1. The van der Waals surface area contributed by atoms with Crippen LogP contribution in [0.15, 0.2) is 56.4 Å². The van der Waals surface area contributed by atoms with Crippen molar-refractivity contribution in [2.24, 2.45) is 10.2 Å². The van der Waals surface area contributed by atoms with Crippen molar-refractivity contribution in [3.63, 3.8) is 0 Å². The number of benzene rings is 2. The van der Waals surface area contributed by atoms with E-state index in [1.54, 1.807) is 18.2 Å². The van der Waals surface area contributed by atoms with Gasteiger partial charge in [0.25, 0.3) is 20.2 Å². The number of aromatic nitrogens is 3. The van der Waals surface area contributed by atoms with Crippen LogP contribution in [0.2, 0.25) is 0 Å². The van der Waals surface area contributed by atoms with Crippen LogP contribution in [0.5, 0.6) is 0 Å². The summed E-state index contributed by atoms with van der Waals surface area (Å²) in [6.07, 6.45) is 0. The SMILES string of the molecule is COC(=O)c1ccc2nc(/N=N/c3c(C)nn(-c4cc(S(=O)(=O)O)ccc4S(=O)(=O)O)c3N)sc2c1. The molecule has 0 aliphatic heterocycles. The van der Waals surface area contributed by atoms with E-state index in [2.05, 4.69) is 20.3 Å². The van der Waals surface area contributed by atoms with Gasteiger partial charge in [0.05, 0.1) is 39.2 Å². The maximum atomic E-state index is 11.9. The van der Waals surface area contributed by atoms with Crippen molar-refractivity contribution in [1.29, 1.82) is 0 Å². The second kappa shape index (κ2) is 9.03. The number of fused-ring (bicyclic) bond motifs is 1. The van der Waals surface area contributed by atoms with E-state index in [1.165, 1.54) is 14.0 Å². The number of hydrogen-bond donors (Lipinski definition) is 3. The first-order valence-electron chi connectivity index (χ1n) is 9.64. The maximum absolute atomic E-state index is 11.9. The lowest BCUT2D eigenvalue weighted by molar-refractivity contribution is 0.0601. The molecule has 14 nitrogen and oxygen atoms in total. The molecular weight excluding hydrogens is 536 g/mol. The Morgan fingerprint density at radius 1 is 1.08 bits per heavy atom. The molecule has 0 aliphatic rings. The van der Waals surface area contributed by atoms with E-state index in [0.29, 0.717) is 15.8 Å². The Bertz CT molecular complexity index is 1770. The molecule has 188 valence electrons. The summed E-state index contributed by atoms with van der Waals surface area (Å²) in [5.74, 6) is -0.741. The molecule has 2 aromatic carbocycles. The molecule has 0 radical (unpaired) electrons. The van der Waals surface area contributed by atoms with Gasteiger partial charge in [0, 0.05) is 0 Å². The van der Waals surface area contributed by atoms with Crippen molar-refractivity contribution in [3.8, 4) is 5.69 Å². The van der Waals surface area contributed by atoms with Crippen molar-refractivity contribution in [3.05, 3.63) is 47.7 Å². The summed E-state index contributed by atoms with van der Waals surface area (Å²) < 4.78 is 72.0. The molecule has 0 saturated heterocycles. The van der Waals surface area contributed by atoms with E-state index >= 15 is 0 Å². The second-order valence-electron chi connectivity index (χ2n) is 7.18. The molecule has 0 bridgehead atoms. The minimum Gasteiger partial charge on any atom is -0.465 e. The van der Waals surface area contributed by atoms with E-state index in [0.717, 1.165) is 34.2 Å². The van der Waals surface area contributed by atoms with Crippen molar-refractivity contribution < 1.29 is 35.5 Å². The molecule has 0 aliphatic carbocycles. The van der Waals surface area contributed by atoms with Crippen molar-refractivity contribution in [2.45, 2.75) is 16.7 Å². The largest absolute Gasteiger partial charge is 0.465 e. The fourth-order valence-electron chi connectivity index (χ4n) is 3.18. The summed E-state index contributed by atoms with van der Waals surface area (Å²) in [7, 11) is -8.28. The Labute approximate surface area is 207 Å². The summed E-state index contributed by atoms with van der Waals surface area (Å²) >= 11 is 1.13. The number of ether oxygens (including phenoxy) is 1. The van der Waals surface area contributed by atoms with Gasteiger partial charge in [-0.3, -0.25) is 9.11 Å². The van der Waals surface area contributed by atoms with Crippen molar-refractivity contribution >= 4 is 64.4 Å². The zero-order chi connectivity index (χ0) is 26.4. The molecule has 0 unspecified atom stereocenters. The first-order valence-corrected chi connectivity index (χ1v) is 13.3. The molecule has 17 heteroatoms. The number of carbonyl (C=O) groups excluding carboxylic acids is 1. The summed E-state index contributed by atoms with van der Waals surface area (Å²) in [6.45, 7) is 1.49. The van der Waals surface area contributed by atoms with Crippen LogP contribution in [0.4, 0.5) is 16.6 Å². The van der Waals surface area contributed by atoms with Crippen LogP contribution in [0.25, 0.3) is 15.9 Å². The van der Waals surface area contributed by atoms with Crippen LogP contribution in [-0.2, 0) is 25.0 Å². The van der Waals surface area contributed by atoms with Gasteiger partial charge in [-0.15, -0.1) is 10.2 Å². The number of rotatable bonds is 6. The summed E-state index contributed by atoms with van der Waals surface area (Å²) in [4.78, 5) is 14.7. The van der Waals surface area contributed by atoms with Gasteiger partial charge in [-0.05, 0) is 43.3 Å². The summed E-state index contributed by atoms with van der Waals surface area (Å²) in [6, 6.07) is 7.13. The Kier molecular flexibility index (Phi) is 6.35. The van der Waals surface area contributed by atoms with Crippen LogP contribution in [0.1, 0.15) is 16.1 Å². The summed E-state index contributed by atoms with van der Waals surface area (Å²) in [5, 5.41) is 12.4. The second-order valence-corrected chi connectivity index (χ2v) is 11.0. The molecule has 0 spiro atoms. The van der Waals surface area contributed by atoms with Crippen LogP contribution in [0, 0.1) is 6.92 Å².